The van der Waals surface area contributed by atoms with Gasteiger partial charge in [-0.1, -0.05) is 25.1 Å². The highest BCUT2D eigenvalue weighted by Gasteiger charge is 2.26. The quantitative estimate of drug-likeness (QED) is 0.562. The second-order valence-corrected chi connectivity index (χ2v) is 9.36. The Labute approximate surface area is 192 Å². The molecule has 0 fully saturated rings. The fourth-order valence-corrected chi connectivity index (χ4v) is 4.23. The number of nitrogens with one attached hydrogen (secondary N) is 1. The van der Waals surface area contributed by atoms with Crippen molar-refractivity contribution in [1.29, 1.82) is 0 Å². The Hall–Kier alpha value is -3.47. The van der Waals surface area contributed by atoms with Crippen molar-refractivity contribution in [2.75, 3.05) is 37.3 Å². The molecule has 1 aromatic rings. The highest BCUT2D eigenvalue weighted by Crippen LogP contribution is 2.17. The average molecular weight is 475 g/mol. The first-order valence-corrected chi connectivity index (χ1v) is 12.1. The topological polar surface area (TPSA) is 125 Å². The zero-order valence-corrected chi connectivity index (χ0v) is 19.3. The van der Waals surface area contributed by atoms with E-state index < -0.39 is 28.5 Å². The van der Waals surface area contributed by atoms with Crippen LogP contribution in [0.4, 0.5) is 5.69 Å². The van der Waals surface area contributed by atoms with Gasteiger partial charge in [0.05, 0.1) is 17.9 Å². The number of ether oxygens (including phenoxy) is 1. The molecule has 2 aliphatic rings. The molecule has 2 heterocycles. The summed E-state index contributed by atoms with van der Waals surface area (Å²) in [5, 5.41) is 2.78. The molecule has 1 aromatic carbocycles. The molecule has 0 saturated heterocycles. The van der Waals surface area contributed by atoms with Crippen LogP contribution in [0.15, 0.2) is 52.6 Å². The number of carbonyl (C=O) groups excluding carboxylic acids is 3. The van der Waals surface area contributed by atoms with Crippen LogP contribution in [0.5, 0.6) is 0 Å². The van der Waals surface area contributed by atoms with Gasteiger partial charge in [0.25, 0.3) is 15.9 Å². The number of nitrogens with zero attached hydrogens (tertiary/aromatic N) is 3. The molecule has 11 heteroatoms. The number of rotatable bonds is 8. The Bertz CT molecular complexity index is 1140. The third-order valence-electron chi connectivity index (χ3n) is 4.99. The molecule has 0 radical (unpaired) electrons. The molecule has 0 aromatic heterocycles. The van der Waals surface area contributed by atoms with Gasteiger partial charge in [-0.3, -0.25) is 9.59 Å². The van der Waals surface area contributed by atoms with Gasteiger partial charge in [-0.15, -0.1) is 4.40 Å². The standard InChI is InChI=1S/C22H26N4O6S/c1-3-10-26(14-20(27)23-18-7-5-4-6-16(18)2)21(28)15-32-22(29)17-8-9-19-24-33(30,31)12-11-25(19)13-17/h4-9,13H,3,10-12,14-15H2,1-2H3,(H,23,27). The van der Waals surface area contributed by atoms with E-state index in [4.69, 9.17) is 4.74 Å². The van der Waals surface area contributed by atoms with Gasteiger partial charge in [0, 0.05) is 25.0 Å². The predicted molar refractivity (Wildman–Crippen MR) is 123 cm³/mol. The lowest BCUT2D eigenvalue weighted by molar-refractivity contribution is -0.149. The smallest absolute Gasteiger partial charge is 0.340 e. The number of hydrogen-bond acceptors (Lipinski definition) is 7. The van der Waals surface area contributed by atoms with Gasteiger partial charge in [0.15, 0.2) is 6.61 Å². The summed E-state index contributed by atoms with van der Waals surface area (Å²) in [6, 6.07) is 7.32. The van der Waals surface area contributed by atoms with Crippen molar-refractivity contribution >= 4 is 39.3 Å². The molecule has 33 heavy (non-hydrogen) atoms. The van der Waals surface area contributed by atoms with Crippen molar-refractivity contribution in [3.05, 3.63) is 53.8 Å². The maximum atomic E-state index is 12.6. The third kappa shape index (κ3) is 6.51. The summed E-state index contributed by atoms with van der Waals surface area (Å²) in [5.74, 6) is -1.49. The summed E-state index contributed by atoms with van der Waals surface area (Å²) >= 11 is 0. The van der Waals surface area contributed by atoms with E-state index in [9.17, 15) is 22.8 Å². The van der Waals surface area contributed by atoms with E-state index in [1.165, 1.54) is 23.3 Å². The van der Waals surface area contributed by atoms with Crippen molar-refractivity contribution in [3.8, 4) is 0 Å². The van der Waals surface area contributed by atoms with Crippen LogP contribution in [0.3, 0.4) is 0 Å². The summed E-state index contributed by atoms with van der Waals surface area (Å²) in [6.07, 6.45) is 4.88. The summed E-state index contributed by atoms with van der Waals surface area (Å²) in [6.45, 7) is 3.57. The molecule has 0 atom stereocenters. The number of benzene rings is 1. The van der Waals surface area contributed by atoms with Crippen LogP contribution >= 0.6 is 0 Å². The van der Waals surface area contributed by atoms with Crippen LogP contribution in [0, 0.1) is 6.92 Å². The molecule has 0 spiro atoms. The number of hydrogen-bond donors (Lipinski definition) is 1. The van der Waals surface area contributed by atoms with Gasteiger partial charge < -0.3 is 19.9 Å². The molecule has 3 rings (SSSR count). The Kier molecular flexibility index (Phi) is 7.64. The van der Waals surface area contributed by atoms with Gasteiger partial charge in [-0.05, 0) is 37.1 Å². The number of esters is 1. The number of amidine groups is 1. The first-order valence-electron chi connectivity index (χ1n) is 10.5. The van der Waals surface area contributed by atoms with Crippen molar-refractivity contribution < 1.29 is 27.5 Å². The van der Waals surface area contributed by atoms with Gasteiger partial charge in [0.1, 0.15) is 5.84 Å². The molecular formula is C22H26N4O6S. The fraction of sp³-hybridized carbons (Fsp3) is 0.364. The maximum absolute atomic E-state index is 12.6. The fourth-order valence-electron chi connectivity index (χ4n) is 3.26. The van der Waals surface area contributed by atoms with E-state index in [0.717, 1.165) is 5.56 Å². The molecule has 2 amide bonds. The third-order valence-corrected chi connectivity index (χ3v) is 6.15. The van der Waals surface area contributed by atoms with E-state index in [1.54, 1.807) is 11.0 Å². The van der Waals surface area contributed by atoms with Crippen LogP contribution in [0.25, 0.3) is 0 Å². The van der Waals surface area contributed by atoms with E-state index >= 15 is 0 Å². The lowest BCUT2D eigenvalue weighted by atomic mass is 10.2. The van der Waals surface area contributed by atoms with Crippen molar-refractivity contribution in [1.82, 2.24) is 9.80 Å². The Morgan fingerprint density at radius 1 is 1.21 bits per heavy atom. The van der Waals surface area contributed by atoms with Gasteiger partial charge in [-0.25, -0.2) is 13.2 Å². The monoisotopic (exact) mass is 474 g/mol. The summed E-state index contributed by atoms with van der Waals surface area (Å²) in [5.41, 5.74) is 1.74. The number of sulfonamides is 1. The molecule has 176 valence electrons. The van der Waals surface area contributed by atoms with E-state index in [2.05, 4.69) is 9.71 Å². The van der Waals surface area contributed by atoms with Crippen LogP contribution in [0.2, 0.25) is 0 Å². The van der Waals surface area contributed by atoms with Crippen molar-refractivity contribution in [2.24, 2.45) is 4.40 Å². The summed E-state index contributed by atoms with van der Waals surface area (Å²) in [4.78, 5) is 40.3. The lowest BCUT2D eigenvalue weighted by Crippen LogP contribution is -2.41. The normalized spacial score (nSPS) is 16.2. The predicted octanol–water partition coefficient (Wildman–Crippen LogP) is 1.21. The van der Waals surface area contributed by atoms with Crippen LogP contribution in [-0.4, -0.2) is 73.8 Å². The maximum Gasteiger partial charge on any atom is 0.340 e. The van der Waals surface area contributed by atoms with Crippen molar-refractivity contribution in [2.45, 2.75) is 20.3 Å². The van der Waals surface area contributed by atoms with Crippen molar-refractivity contribution in [3.63, 3.8) is 0 Å². The Morgan fingerprint density at radius 3 is 2.70 bits per heavy atom. The number of aryl methyl sites for hydroxylation is 1. The van der Waals surface area contributed by atoms with E-state index in [-0.39, 0.29) is 36.2 Å². The average Bonchev–Trinajstić information content (AvgIpc) is 2.77. The molecule has 1 N–H and O–H groups in total. The minimum absolute atomic E-state index is 0.155. The first kappa shape index (κ1) is 24.2. The molecule has 0 aliphatic carbocycles. The van der Waals surface area contributed by atoms with E-state index in [0.29, 0.717) is 18.7 Å². The van der Waals surface area contributed by atoms with Crippen LogP contribution < -0.4 is 5.32 Å². The highest BCUT2D eigenvalue weighted by molar-refractivity contribution is 7.90. The molecular weight excluding hydrogens is 448 g/mol. The molecule has 0 bridgehead atoms. The molecule has 0 saturated carbocycles. The number of fused-ring (bicyclic) bond motifs is 1. The zero-order chi connectivity index (χ0) is 24.0. The zero-order valence-electron chi connectivity index (χ0n) is 18.5. The first-order chi connectivity index (χ1) is 15.7. The number of para-hydroxylation sites is 1. The second-order valence-electron chi connectivity index (χ2n) is 7.60. The summed E-state index contributed by atoms with van der Waals surface area (Å²) in [7, 11) is -3.49. The van der Waals surface area contributed by atoms with Gasteiger partial charge in [0.2, 0.25) is 5.91 Å². The minimum Gasteiger partial charge on any atom is -0.452 e. The molecule has 0 unspecified atom stereocenters. The summed E-state index contributed by atoms with van der Waals surface area (Å²) < 4.78 is 31.9. The van der Waals surface area contributed by atoms with E-state index in [1.807, 2.05) is 32.0 Å². The highest BCUT2D eigenvalue weighted by atomic mass is 32.2. The van der Waals surface area contributed by atoms with Crippen LogP contribution in [0.1, 0.15) is 18.9 Å². The minimum atomic E-state index is -3.49. The Balaban J connectivity index is 1.56. The van der Waals surface area contributed by atoms with Gasteiger partial charge in [-0.2, -0.15) is 0 Å². The molecule has 2 aliphatic heterocycles. The largest absolute Gasteiger partial charge is 0.452 e. The lowest BCUT2D eigenvalue weighted by Gasteiger charge is -2.26. The SMILES string of the molecule is CCCN(CC(=O)Nc1ccccc1C)C(=O)COC(=O)C1=CN2CCS(=O)(=O)N=C2C=C1. The number of anilines is 1. The molecule has 10 nitrogen and oxygen atoms in total. The number of carbonyl (C=O) groups is 3. The van der Waals surface area contributed by atoms with Crippen LogP contribution in [-0.2, 0) is 29.1 Å². The Morgan fingerprint density at radius 2 is 1.97 bits per heavy atom. The second kappa shape index (κ2) is 10.4. The van der Waals surface area contributed by atoms with Gasteiger partial charge >= 0.3 is 5.97 Å². The number of amides is 2.